The second-order valence-corrected chi connectivity index (χ2v) is 9.13. The summed E-state index contributed by atoms with van der Waals surface area (Å²) in [5.74, 6) is 0.584. The molecule has 1 unspecified atom stereocenters. The molecule has 128 valence electrons. The SMILES string of the molecule is Cc1ccsc1CN(C(=O)/C=C/c1ccco1)C1CCS(=O)(=O)C1. The first-order valence-corrected chi connectivity index (χ1v) is 10.4. The lowest BCUT2D eigenvalue weighted by Gasteiger charge is -2.27. The normalized spacial score (nSPS) is 19.8. The number of aryl methyl sites for hydroxylation is 1. The number of amides is 1. The maximum Gasteiger partial charge on any atom is 0.247 e. The average molecular weight is 365 g/mol. The van der Waals surface area contributed by atoms with Gasteiger partial charge in [0.05, 0.1) is 24.3 Å². The smallest absolute Gasteiger partial charge is 0.247 e. The standard InChI is InChI=1S/C17H19NO4S2/c1-13-6-9-23-16(13)11-18(14-7-10-24(20,21)12-14)17(19)5-4-15-3-2-8-22-15/h2-6,8-9,14H,7,10-12H2,1H3/b5-4+. The summed E-state index contributed by atoms with van der Waals surface area (Å²) >= 11 is 1.58. The fourth-order valence-corrected chi connectivity index (χ4v) is 5.40. The molecule has 0 spiro atoms. The molecule has 3 heterocycles. The molecule has 0 aliphatic carbocycles. The number of carbonyl (C=O) groups excluding carboxylic acids is 1. The largest absolute Gasteiger partial charge is 0.465 e. The Bertz CT molecular complexity index is 834. The van der Waals surface area contributed by atoms with Gasteiger partial charge in [-0.05, 0) is 48.6 Å². The zero-order chi connectivity index (χ0) is 17.2. The number of hydrogen-bond acceptors (Lipinski definition) is 5. The third-order valence-corrected chi connectivity index (χ3v) is 6.91. The monoisotopic (exact) mass is 365 g/mol. The highest BCUT2D eigenvalue weighted by Gasteiger charge is 2.34. The van der Waals surface area contributed by atoms with Gasteiger partial charge in [-0.1, -0.05) is 0 Å². The summed E-state index contributed by atoms with van der Waals surface area (Å²) in [6.07, 6.45) is 5.10. The van der Waals surface area contributed by atoms with Crippen LogP contribution < -0.4 is 0 Å². The van der Waals surface area contributed by atoms with E-state index in [4.69, 9.17) is 4.42 Å². The van der Waals surface area contributed by atoms with Crippen LogP contribution in [0.3, 0.4) is 0 Å². The lowest BCUT2D eigenvalue weighted by Crippen LogP contribution is -2.39. The van der Waals surface area contributed by atoms with Gasteiger partial charge in [0, 0.05) is 17.0 Å². The van der Waals surface area contributed by atoms with Gasteiger partial charge in [0.2, 0.25) is 5.91 Å². The summed E-state index contributed by atoms with van der Waals surface area (Å²) in [7, 11) is -3.05. The van der Waals surface area contributed by atoms with Gasteiger partial charge in [0.15, 0.2) is 9.84 Å². The van der Waals surface area contributed by atoms with E-state index in [-0.39, 0.29) is 23.5 Å². The minimum Gasteiger partial charge on any atom is -0.465 e. The molecule has 1 aliphatic heterocycles. The summed E-state index contributed by atoms with van der Waals surface area (Å²) in [6.45, 7) is 2.43. The van der Waals surface area contributed by atoms with Crippen molar-refractivity contribution in [1.82, 2.24) is 4.90 Å². The molecular weight excluding hydrogens is 346 g/mol. The summed E-state index contributed by atoms with van der Waals surface area (Å²) in [4.78, 5) is 15.4. The highest BCUT2D eigenvalue weighted by Crippen LogP contribution is 2.24. The van der Waals surface area contributed by atoms with Crippen molar-refractivity contribution in [2.75, 3.05) is 11.5 Å². The number of hydrogen-bond donors (Lipinski definition) is 0. The number of rotatable bonds is 5. The molecule has 0 bridgehead atoms. The van der Waals surface area contributed by atoms with Crippen molar-refractivity contribution < 1.29 is 17.6 Å². The molecule has 1 fully saturated rings. The molecule has 3 rings (SSSR count). The molecule has 24 heavy (non-hydrogen) atoms. The van der Waals surface area contributed by atoms with Gasteiger partial charge in [-0.2, -0.15) is 0 Å². The van der Waals surface area contributed by atoms with Gasteiger partial charge < -0.3 is 9.32 Å². The maximum atomic E-state index is 12.7. The summed E-state index contributed by atoms with van der Waals surface area (Å²) in [5, 5.41) is 1.98. The van der Waals surface area contributed by atoms with Crippen molar-refractivity contribution in [2.45, 2.75) is 25.9 Å². The fraction of sp³-hybridized carbons (Fsp3) is 0.353. The number of carbonyl (C=O) groups is 1. The van der Waals surface area contributed by atoms with Crippen LogP contribution in [-0.2, 0) is 21.2 Å². The van der Waals surface area contributed by atoms with Crippen molar-refractivity contribution in [1.29, 1.82) is 0 Å². The van der Waals surface area contributed by atoms with Crippen LogP contribution in [0.2, 0.25) is 0 Å². The van der Waals surface area contributed by atoms with Gasteiger partial charge in [0.25, 0.3) is 0 Å². The van der Waals surface area contributed by atoms with Gasteiger partial charge in [0.1, 0.15) is 5.76 Å². The van der Waals surface area contributed by atoms with Crippen LogP contribution in [0.1, 0.15) is 22.6 Å². The van der Waals surface area contributed by atoms with Crippen molar-refractivity contribution in [3.05, 3.63) is 52.1 Å². The van der Waals surface area contributed by atoms with E-state index in [1.54, 1.807) is 40.7 Å². The van der Waals surface area contributed by atoms with Crippen LogP contribution in [0, 0.1) is 6.92 Å². The summed E-state index contributed by atoms with van der Waals surface area (Å²) in [6, 6.07) is 5.25. The van der Waals surface area contributed by atoms with Crippen LogP contribution >= 0.6 is 11.3 Å². The van der Waals surface area contributed by atoms with E-state index in [2.05, 4.69) is 0 Å². The van der Waals surface area contributed by atoms with Gasteiger partial charge in [-0.25, -0.2) is 8.42 Å². The second-order valence-electron chi connectivity index (χ2n) is 5.90. The van der Waals surface area contributed by atoms with Crippen LogP contribution in [0.25, 0.3) is 6.08 Å². The Labute approximate surface area is 145 Å². The Morgan fingerprint density at radius 2 is 2.29 bits per heavy atom. The Balaban J connectivity index is 1.81. The fourth-order valence-electron chi connectivity index (χ4n) is 2.76. The molecular formula is C17H19NO4S2. The lowest BCUT2D eigenvalue weighted by molar-refractivity contribution is -0.128. The minimum absolute atomic E-state index is 0.0394. The lowest BCUT2D eigenvalue weighted by atomic mass is 10.2. The number of furan rings is 1. The summed E-state index contributed by atoms with van der Waals surface area (Å²) < 4.78 is 28.8. The molecule has 1 saturated heterocycles. The van der Waals surface area contributed by atoms with Gasteiger partial charge >= 0.3 is 0 Å². The van der Waals surface area contributed by atoms with Crippen molar-refractivity contribution in [3.8, 4) is 0 Å². The van der Waals surface area contributed by atoms with Gasteiger partial charge in [-0.3, -0.25) is 4.79 Å². The first-order valence-electron chi connectivity index (χ1n) is 7.70. The molecule has 2 aromatic rings. The number of thiophene rings is 1. The molecule has 5 nitrogen and oxygen atoms in total. The third-order valence-electron chi connectivity index (χ3n) is 4.15. The maximum absolute atomic E-state index is 12.7. The predicted octanol–water partition coefficient (Wildman–Crippen LogP) is 2.88. The Morgan fingerprint density at radius 3 is 2.88 bits per heavy atom. The third kappa shape index (κ3) is 3.96. The number of sulfone groups is 1. The zero-order valence-corrected chi connectivity index (χ0v) is 15.0. The van der Waals surface area contributed by atoms with E-state index in [0.717, 1.165) is 10.4 Å². The van der Waals surface area contributed by atoms with Crippen molar-refractivity contribution in [3.63, 3.8) is 0 Å². The minimum atomic E-state index is -3.05. The molecule has 0 saturated carbocycles. The highest BCUT2D eigenvalue weighted by molar-refractivity contribution is 7.91. The average Bonchev–Trinajstić information content (AvgIpc) is 3.25. The molecule has 0 aromatic carbocycles. The number of nitrogens with zero attached hydrogens (tertiary/aromatic N) is 1. The second kappa shape index (κ2) is 6.94. The van der Waals surface area contributed by atoms with E-state index in [9.17, 15) is 13.2 Å². The van der Waals surface area contributed by atoms with Crippen molar-refractivity contribution >= 4 is 33.2 Å². The van der Waals surface area contributed by atoms with Gasteiger partial charge in [-0.15, -0.1) is 11.3 Å². The summed E-state index contributed by atoms with van der Waals surface area (Å²) in [5.41, 5.74) is 1.12. The van der Waals surface area contributed by atoms with Crippen LogP contribution in [0.15, 0.2) is 40.3 Å². The van der Waals surface area contributed by atoms with Crippen LogP contribution in [-0.4, -0.2) is 36.8 Å². The molecule has 0 N–H and O–H groups in total. The van der Waals surface area contributed by atoms with E-state index in [1.807, 2.05) is 18.4 Å². The molecule has 1 atom stereocenters. The van der Waals surface area contributed by atoms with Crippen LogP contribution in [0.4, 0.5) is 0 Å². The Hall–Kier alpha value is -1.86. The molecule has 1 aliphatic rings. The van der Waals surface area contributed by atoms with Crippen LogP contribution in [0.5, 0.6) is 0 Å². The van der Waals surface area contributed by atoms with E-state index in [1.165, 1.54) is 6.08 Å². The molecule has 2 aromatic heterocycles. The van der Waals surface area contributed by atoms with E-state index in [0.29, 0.717) is 18.7 Å². The van der Waals surface area contributed by atoms with Crippen molar-refractivity contribution in [2.24, 2.45) is 0 Å². The quantitative estimate of drug-likeness (QED) is 0.764. The topological polar surface area (TPSA) is 67.6 Å². The Morgan fingerprint density at radius 1 is 1.46 bits per heavy atom. The molecule has 1 amide bonds. The first kappa shape index (κ1) is 17.0. The molecule has 0 radical (unpaired) electrons. The van der Waals surface area contributed by atoms with E-state index < -0.39 is 9.84 Å². The predicted molar refractivity (Wildman–Crippen MR) is 94.4 cm³/mol. The van der Waals surface area contributed by atoms with E-state index >= 15 is 0 Å². The Kier molecular flexibility index (Phi) is 4.91. The molecule has 7 heteroatoms. The highest BCUT2D eigenvalue weighted by atomic mass is 32.2. The first-order chi connectivity index (χ1) is 11.4. The zero-order valence-electron chi connectivity index (χ0n) is 13.3.